The van der Waals surface area contributed by atoms with Gasteiger partial charge in [-0.3, -0.25) is 14.9 Å². The summed E-state index contributed by atoms with van der Waals surface area (Å²) in [6.07, 6.45) is 3.03. The lowest BCUT2D eigenvalue weighted by molar-refractivity contribution is -0.384. The van der Waals surface area contributed by atoms with Gasteiger partial charge < -0.3 is 10.1 Å². The van der Waals surface area contributed by atoms with Crippen molar-refractivity contribution in [3.05, 3.63) is 106 Å². The van der Waals surface area contributed by atoms with Gasteiger partial charge in [-0.15, -0.1) is 0 Å². The molecule has 6 nitrogen and oxygen atoms in total. The van der Waals surface area contributed by atoms with E-state index in [1.807, 2.05) is 54.6 Å². The first kappa shape index (κ1) is 18.8. The molecule has 0 aliphatic rings. The highest BCUT2D eigenvalue weighted by atomic mass is 16.6. The molecule has 3 aromatic carbocycles. The topological polar surface area (TPSA) is 81.5 Å². The van der Waals surface area contributed by atoms with E-state index in [4.69, 9.17) is 4.74 Å². The Kier molecular flexibility index (Phi) is 6.15. The lowest BCUT2D eigenvalue weighted by atomic mass is 10.2. The van der Waals surface area contributed by atoms with Gasteiger partial charge in [0.15, 0.2) is 0 Å². The van der Waals surface area contributed by atoms with Crippen molar-refractivity contribution in [3.63, 3.8) is 0 Å². The fourth-order valence-corrected chi connectivity index (χ4v) is 2.47. The highest BCUT2D eigenvalue weighted by Gasteiger charge is 2.06. The fraction of sp³-hybridized carbons (Fsp3) is 0.0455. The lowest BCUT2D eigenvalue weighted by Gasteiger charge is -2.06. The van der Waals surface area contributed by atoms with Crippen LogP contribution in [0.2, 0.25) is 0 Å². The summed E-state index contributed by atoms with van der Waals surface area (Å²) in [5.74, 6) is 0.368. The van der Waals surface area contributed by atoms with E-state index in [0.717, 1.165) is 16.9 Å². The number of nitrogens with one attached hydrogen (secondary N) is 1. The summed E-state index contributed by atoms with van der Waals surface area (Å²) < 4.78 is 5.72. The average Bonchev–Trinajstić information content (AvgIpc) is 2.72. The number of hydrogen-bond acceptors (Lipinski definition) is 4. The minimum Gasteiger partial charge on any atom is -0.489 e. The van der Waals surface area contributed by atoms with E-state index in [0.29, 0.717) is 12.3 Å². The number of amides is 1. The Labute approximate surface area is 162 Å². The van der Waals surface area contributed by atoms with Crippen molar-refractivity contribution in [2.24, 2.45) is 0 Å². The molecule has 0 atom stereocenters. The zero-order chi connectivity index (χ0) is 19.8. The molecule has 0 unspecified atom stereocenters. The molecule has 6 heteroatoms. The van der Waals surface area contributed by atoms with Gasteiger partial charge in [-0.2, -0.15) is 0 Å². The van der Waals surface area contributed by atoms with Crippen molar-refractivity contribution in [3.8, 4) is 5.75 Å². The summed E-state index contributed by atoms with van der Waals surface area (Å²) in [5, 5.41) is 13.4. The summed E-state index contributed by atoms with van der Waals surface area (Å²) in [4.78, 5) is 22.3. The van der Waals surface area contributed by atoms with Gasteiger partial charge in [-0.05, 0) is 35.4 Å². The molecule has 0 fully saturated rings. The number of ether oxygens (including phenoxy) is 1. The Hall–Kier alpha value is -3.93. The predicted molar refractivity (Wildman–Crippen MR) is 108 cm³/mol. The standard InChI is InChI=1S/C22H18N2O4/c25-22(23-19-7-4-8-20(15-19)24(26)27)14-11-17-9-12-21(13-10-17)28-16-18-5-2-1-3-6-18/h1-15H,16H2,(H,23,25). The van der Waals surface area contributed by atoms with Crippen LogP contribution in [0.3, 0.4) is 0 Å². The summed E-state index contributed by atoms with van der Waals surface area (Å²) >= 11 is 0. The number of rotatable bonds is 7. The highest BCUT2D eigenvalue weighted by Crippen LogP contribution is 2.18. The molecular weight excluding hydrogens is 356 g/mol. The minimum absolute atomic E-state index is 0.0760. The molecule has 0 radical (unpaired) electrons. The number of benzene rings is 3. The number of anilines is 1. The van der Waals surface area contributed by atoms with E-state index in [1.165, 1.54) is 24.3 Å². The average molecular weight is 374 g/mol. The molecule has 0 spiro atoms. The summed E-state index contributed by atoms with van der Waals surface area (Å²) in [6.45, 7) is 0.488. The molecule has 0 bridgehead atoms. The van der Waals surface area contributed by atoms with Gasteiger partial charge in [0.05, 0.1) is 4.92 Å². The van der Waals surface area contributed by atoms with Crippen LogP contribution < -0.4 is 10.1 Å². The molecule has 0 aliphatic heterocycles. The summed E-state index contributed by atoms with van der Waals surface area (Å²) in [5.41, 5.74) is 2.21. The Bertz CT molecular complexity index is 983. The van der Waals surface area contributed by atoms with Crippen LogP contribution in [0.25, 0.3) is 6.08 Å². The maximum atomic E-state index is 12.0. The molecule has 28 heavy (non-hydrogen) atoms. The van der Waals surface area contributed by atoms with E-state index < -0.39 is 4.92 Å². The third kappa shape index (κ3) is 5.54. The molecule has 3 aromatic rings. The number of carbonyl (C=O) groups excluding carboxylic acids is 1. The molecular formula is C22H18N2O4. The highest BCUT2D eigenvalue weighted by molar-refractivity contribution is 6.02. The van der Waals surface area contributed by atoms with Crippen LogP contribution in [0.4, 0.5) is 11.4 Å². The SMILES string of the molecule is O=C(C=Cc1ccc(OCc2ccccc2)cc1)Nc1cccc([N+](=O)[O-])c1. The van der Waals surface area contributed by atoms with Crippen LogP contribution in [0.1, 0.15) is 11.1 Å². The van der Waals surface area contributed by atoms with E-state index in [9.17, 15) is 14.9 Å². The van der Waals surface area contributed by atoms with Crippen LogP contribution in [-0.2, 0) is 11.4 Å². The lowest BCUT2D eigenvalue weighted by Crippen LogP contribution is -2.07. The number of hydrogen-bond donors (Lipinski definition) is 1. The third-order valence-corrected chi connectivity index (χ3v) is 3.88. The molecule has 1 N–H and O–H groups in total. The van der Waals surface area contributed by atoms with Crippen LogP contribution in [0.15, 0.2) is 84.9 Å². The third-order valence-electron chi connectivity index (χ3n) is 3.88. The van der Waals surface area contributed by atoms with Crippen LogP contribution in [0.5, 0.6) is 5.75 Å². The molecule has 3 rings (SSSR count). The number of carbonyl (C=O) groups is 1. The van der Waals surface area contributed by atoms with Crippen molar-refractivity contribution in [2.45, 2.75) is 6.61 Å². The van der Waals surface area contributed by atoms with Crippen LogP contribution >= 0.6 is 0 Å². The molecule has 0 aromatic heterocycles. The van der Waals surface area contributed by atoms with E-state index in [1.54, 1.807) is 12.1 Å². The van der Waals surface area contributed by atoms with E-state index >= 15 is 0 Å². The van der Waals surface area contributed by atoms with Crippen molar-refractivity contribution in [1.29, 1.82) is 0 Å². The molecule has 0 heterocycles. The van der Waals surface area contributed by atoms with Crippen LogP contribution in [-0.4, -0.2) is 10.8 Å². The fourth-order valence-electron chi connectivity index (χ4n) is 2.47. The number of nitrogens with zero attached hydrogens (tertiary/aromatic N) is 1. The Balaban J connectivity index is 1.54. The zero-order valence-corrected chi connectivity index (χ0v) is 14.9. The Morgan fingerprint density at radius 1 is 1.00 bits per heavy atom. The van der Waals surface area contributed by atoms with Gasteiger partial charge in [0.1, 0.15) is 12.4 Å². The first-order valence-electron chi connectivity index (χ1n) is 8.60. The van der Waals surface area contributed by atoms with Gasteiger partial charge in [-0.25, -0.2) is 0 Å². The molecule has 0 saturated carbocycles. The minimum atomic E-state index is -0.507. The van der Waals surface area contributed by atoms with Gasteiger partial charge >= 0.3 is 0 Å². The predicted octanol–water partition coefficient (Wildman–Crippen LogP) is 4.83. The van der Waals surface area contributed by atoms with Crippen molar-refractivity contribution < 1.29 is 14.5 Å². The number of nitro groups is 1. The largest absolute Gasteiger partial charge is 0.489 e. The summed E-state index contributed by atoms with van der Waals surface area (Å²) in [7, 11) is 0. The monoisotopic (exact) mass is 374 g/mol. The van der Waals surface area contributed by atoms with Gasteiger partial charge in [0.2, 0.25) is 5.91 Å². The maximum Gasteiger partial charge on any atom is 0.271 e. The van der Waals surface area contributed by atoms with Gasteiger partial charge in [-0.1, -0.05) is 48.5 Å². The number of non-ortho nitro benzene ring substituents is 1. The second-order valence-electron chi connectivity index (χ2n) is 5.97. The normalized spacial score (nSPS) is 10.6. The number of nitro benzene ring substituents is 1. The van der Waals surface area contributed by atoms with Crippen LogP contribution in [0, 0.1) is 10.1 Å². The molecule has 140 valence electrons. The molecule has 0 saturated heterocycles. The van der Waals surface area contributed by atoms with Gasteiger partial charge in [0.25, 0.3) is 5.69 Å². The first-order valence-corrected chi connectivity index (χ1v) is 8.60. The van der Waals surface area contributed by atoms with Crippen molar-refractivity contribution in [2.75, 3.05) is 5.32 Å². The second kappa shape index (κ2) is 9.14. The maximum absolute atomic E-state index is 12.0. The quantitative estimate of drug-likeness (QED) is 0.365. The smallest absolute Gasteiger partial charge is 0.271 e. The second-order valence-corrected chi connectivity index (χ2v) is 5.97. The molecule has 0 aliphatic carbocycles. The first-order chi connectivity index (χ1) is 13.6. The Morgan fingerprint density at radius 2 is 1.75 bits per heavy atom. The van der Waals surface area contributed by atoms with Crippen molar-refractivity contribution in [1.82, 2.24) is 0 Å². The summed E-state index contributed by atoms with van der Waals surface area (Å²) in [6, 6.07) is 23.0. The van der Waals surface area contributed by atoms with Crippen molar-refractivity contribution >= 4 is 23.4 Å². The van der Waals surface area contributed by atoms with E-state index in [-0.39, 0.29) is 11.6 Å². The molecule has 1 amide bonds. The van der Waals surface area contributed by atoms with Gasteiger partial charge in [0, 0.05) is 23.9 Å². The zero-order valence-electron chi connectivity index (χ0n) is 14.9. The van der Waals surface area contributed by atoms with E-state index in [2.05, 4.69) is 5.32 Å². The Morgan fingerprint density at radius 3 is 2.46 bits per heavy atom.